The van der Waals surface area contributed by atoms with E-state index in [1.807, 2.05) is 57.2 Å². The summed E-state index contributed by atoms with van der Waals surface area (Å²) in [7, 11) is 0. The molecule has 0 N–H and O–H groups in total. The standard InChI is InChI=1S/C23H22O3/c1-5-26-23(25)20-13-18-9-7-6-8-17(18)12-19(20)22(24)21-15(3)10-14(2)11-16(21)4/h6-13H,5H2,1-4H3. The number of rotatable bonds is 4. The van der Waals surface area contributed by atoms with Crippen molar-refractivity contribution >= 4 is 22.5 Å². The molecule has 0 radical (unpaired) electrons. The third-order valence-corrected chi connectivity index (χ3v) is 4.53. The smallest absolute Gasteiger partial charge is 0.338 e. The fraction of sp³-hybridized carbons (Fsp3) is 0.217. The highest BCUT2D eigenvalue weighted by Gasteiger charge is 2.23. The summed E-state index contributed by atoms with van der Waals surface area (Å²) >= 11 is 0. The zero-order chi connectivity index (χ0) is 18.8. The number of hydrogen-bond acceptors (Lipinski definition) is 3. The number of esters is 1. The third kappa shape index (κ3) is 3.25. The van der Waals surface area contributed by atoms with Gasteiger partial charge >= 0.3 is 5.97 Å². The van der Waals surface area contributed by atoms with E-state index >= 15 is 0 Å². The van der Waals surface area contributed by atoms with E-state index in [-0.39, 0.29) is 12.4 Å². The van der Waals surface area contributed by atoms with Crippen LogP contribution in [0.5, 0.6) is 0 Å². The van der Waals surface area contributed by atoms with E-state index in [1.165, 1.54) is 0 Å². The van der Waals surface area contributed by atoms with Crippen molar-refractivity contribution < 1.29 is 14.3 Å². The van der Waals surface area contributed by atoms with Crippen molar-refractivity contribution in [2.45, 2.75) is 27.7 Å². The van der Waals surface area contributed by atoms with E-state index < -0.39 is 5.97 Å². The van der Waals surface area contributed by atoms with Crippen molar-refractivity contribution in [2.24, 2.45) is 0 Å². The van der Waals surface area contributed by atoms with E-state index in [0.29, 0.717) is 16.7 Å². The van der Waals surface area contributed by atoms with Gasteiger partial charge in [0.05, 0.1) is 12.2 Å². The molecule has 0 saturated heterocycles. The quantitative estimate of drug-likeness (QED) is 0.483. The summed E-state index contributed by atoms with van der Waals surface area (Å²) in [6, 6.07) is 15.2. The molecule has 0 atom stereocenters. The lowest BCUT2D eigenvalue weighted by molar-refractivity contribution is 0.0523. The monoisotopic (exact) mass is 346 g/mol. The average Bonchev–Trinajstić information content (AvgIpc) is 2.59. The lowest BCUT2D eigenvalue weighted by Crippen LogP contribution is -2.14. The van der Waals surface area contributed by atoms with Gasteiger partial charge in [0.15, 0.2) is 5.78 Å². The van der Waals surface area contributed by atoms with E-state index in [9.17, 15) is 9.59 Å². The fourth-order valence-corrected chi connectivity index (χ4v) is 3.48. The van der Waals surface area contributed by atoms with Gasteiger partial charge in [-0.05, 0) is 61.7 Å². The molecule has 3 nitrogen and oxygen atoms in total. The van der Waals surface area contributed by atoms with Crippen LogP contribution in [0, 0.1) is 20.8 Å². The van der Waals surface area contributed by atoms with Crippen LogP contribution in [0.2, 0.25) is 0 Å². The summed E-state index contributed by atoms with van der Waals surface area (Å²) in [4.78, 5) is 25.9. The molecular weight excluding hydrogens is 324 g/mol. The van der Waals surface area contributed by atoms with Gasteiger partial charge in [-0.3, -0.25) is 4.79 Å². The first-order chi connectivity index (χ1) is 12.4. The molecule has 0 aliphatic rings. The molecule has 0 aliphatic heterocycles. The number of carbonyl (C=O) groups excluding carboxylic acids is 2. The zero-order valence-corrected chi connectivity index (χ0v) is 15.6. The summed E-state index contributed by atoms with van der Waals surface area (Å²) in [5.74, 6) is -0.613. The minimum atomic E-state index is -0.468. The molecule has 26 heavy (non-hydrogen) atoms. The first-order valence-corrected chi connectivity index (χ1v) is 8.74. The number of ketones is 1. The lowest BCUT2D eigenvalue weighted by Gasteiger charge is -2.14. The van der Waals surface area contributed by atoms with Crippen molar-refractivity contribution in [3.8, 4) is 0 Å². The topological polar surface area (TPSA) is 43.4 Å². The van der Waals surface area contributed by atoms with Gasteiger partial charge in [0.1, 0.15) is 0 Å². The van der Waals surface area contributed by atoms with E-state index in [0.717, 1.165) is 27.5 Å². The van der Waals surface area contributed by atoms with Crippen molar-refractivity contribution in [3.05, 3.63) is 81.9 Å². The Morgan fingerprint density at radius 1 is 0.846 bits per heavy atom. The second-order valence-electron chi connectivity index (χ2n) is 6.57. The number of carbonyl (C=O) groups is 2. The van der Waals surface area contributed by atoms with E-state index in [1.54, 1.807) is 19.1 Å². The van der Waals surface area contributed by atoms with Crippen LogP contribution in [0.15, 0.2) is 48.5 Å². The average molecular weight is 346 g/mol. The number of hydrogen-bond donors (Lipinski definition) is 0. The SMILES string of the molecule is CCOC(=O)c1cc2ccccc2cc1C(=O)c1c(C)cc(C)cc1C. The Hall–Kier alpha value is -2.94. The molecule has 0 amide bonds. The predicted molar refractivity (Wildman–Crippen MR) is 104 cm³/mol. The molecule has 3 aromatic carbocycles. The Morgan fingerprint density at radius 3 is 1.92 bits per heavy atom. The maximum Gasteiger partial charge on any atom is 0.338 e. The highest BCUT2D eigenvalue weighted by Crippen LogP contribution is 2.26. The number of fused-ring (bicyclic) bond motifs is 1. The summed E-state index contributed by atoms with van der Waals surface area (Å²) in [5, 5.41) is 1.83. The van der Waals surface area contributed by atoms with Crippen molar-refractivity contribution in [3.63, 3.8) is 0 Å². The van der Waals surface area contributed by atoms with Crippen LogP contribution in [0.1, 0.15) is 49.9 Å². The van der Waals surface area contributed by atoms with Crippen LogP contribution < -0.4 is 0 Å². The molecule has 3 heteroatoms. The molecule has 0 heterocycles. The van der Waals surface area contributed by atoms with Crippen LogP contribution >= 0.6 is 0 Å². The molecule has 0 unspecified atom stereocenters. The van der Waals surface area contributed by atoms with Crippen molar-refractivity contribution in [2.75, 3.05) is 6.61 Å². The van der Waals surface area contributed by atoms with Gasteiger partial charge in [-0.25, -0.2) is 4.79 Å². The first kappa shape index (κ1) is 17.9. The van der Waals surface area contributed by atoms with Gasteiger partial charge in [0.25, 0.3) is 0 Å². The zero-order valence-electron chi connectivity index (χ0n) is 15.6. The molecule has 3 rings (SSSR count). The highest BCUT2D eigenvalue weighted by molar-refractivity contribution is 6.17. The second-order valence-corrected chi connectivity index (χ2v) is 6.57. The molecular formula is C23H22O3. The van der Waals surface area contributed by atoms with Crippen LogP contribution in [-0.4, -0.2) is 18.4 Å². The van der Waals surface area contributed by atoms with Crippen LogP contribution in [-0.2, 0) is 4.74 Å². The Morgan fingerprint density at radius 2 is 1.38 bits per heavy atom. The number of ether oxygens (including phenoxy) is 1. The van der Waals surface area contributed by atoms with Gasteiger partial charge in [-0.15, -0.1) is 0 Å². The Bertz CT molecular complexity index is 992. The summed E-state index contributed by atoms with van der Waals surface area (Å²) in [5.41, 5.74) is 4.29. The van der Waals surface area contributed by atoms with Gasteiger partial charge in [-0.2, -0.15) is 0 Å². The lowest BCUT2D eigenvalue weighted by atomic mass is 9.89. The number of benzene rings is 3. The van der Waals surface area contributed by atoms with Gasteiger partial charge in [0, 0.05) is 11.1 Å². The van der Waals surface area contributed by atoms with E-state index in [4.69, 9.17) is 4.74 Å². The normalized spacial score (nSPS) is 10.8. The van der Waals surface area contributed by atoms with Gasteiger partial charge < -0.3 is 4.74 Å². The first-order valence-electron chi connectivity index (χ1n) is 8.74. The minimum absolute atomic E-state index is 0.145. The fourth-order valence-electron chi connectivity index (χ4n) is 3.48. The predicted octanol–water partition coefficient (Wildman–Crippen LogP) is 5.17. The highest BCUT2D eigenvalue weighted by atomic mass is 16.5. The van der Waals surface area contributed by atoms with Gasteiger partial charge in [-0.1, -0.05) is 42.0 Å². The van der Waals surface area contributed by atoms with Crippen molar-refractivity contribution in [1.29, 1.82) is 0 Å². The van der Waals surface area contributed by atoms with Crippen LogP contribution in [0.4, 0.5) is 0 Å². The Kier molecular flexibility index (Phi) is 4.90. The summed E-state index contributed by atoms with van der Waals surface area (Å²) in [6.07, 6.45) is 0. The molecule has 0 aromatic heterocycles. The van der Waals surface area contributed by atoms with Crippen LogP contribution in [0.25, 0.3) is 10.8 Å². The molecule has 0 fully saturated rings. The molecule has 0 aliphatic carbocycles. The Labute approximate surface area is 153 Å². The van der Waals surface area contributed by atoms with Crippen LogP contribution in [0.3, 0.4) is 0 Å². The largest absolute Gasteiger partial charge is 0.462 e. The third-order valence-electron chi connectivity index (χ3n) is 4.53. The molecule has 3 aromatic rings. The van der Waals surface area contributed by atoms with Crippen molar-refractivity contribution in [1.82, 2.24) is 0 Å². The van der Waals surface area contributed by atoms with E-state index in [2.05, 4.69) is 0 Å². The van der Waals surface area contributed by atoms with Gasteiger partial charge in [0.2, 0.25) is 0 Å². The summed E-state index contributed by atoms with van der Waals surface area (Å²) in [6.45, 7) is 7.89. The second kappa shape index (κ2) is 7.12. The molecule has 0 bridgehead atoms. The maximum atomic E-state index is 13.4. The number of aryl methyl sites for hydroxylation is 3. The Balaban J connectivity index is 2.24. The molecule has 0 saturated carbocycles. The maximum absolute atomic E-state index is 13.4. The molecule has 0 spiro atoms. The molecule has 132 valence electrons. The minimum Gasteiger partial charge on any atom is -0.462 e. The summed E-state index contributed by atoms with van der Waals surface area (Å²) < 4.78 is 5.19.